The molecule has 2 fully saturated rings. The van der Waals surface area contributed by atoms with E-state index in [2.05, 4.69) is 32.3 Å². The molecular weight excluding hydrogens is 807 g/mol. The van der Waals surface area contributed by atoms with Crippen molar-refractivity contribution in [2.75, 3.05) is 31.7 Å². The third-order valence-corrected chi connectivity index (χ3v) is 10.9. The van der Waals surface area contributed by atoms with E-state index in [1.54, 1.807) is 27.7 Å². The van der Waals surface area contributed by atoms with Gasteiger partial charge in [-0.3, -0.25) is 43.2 Å². The van der Waals surface area contributed by atoms with E-state index >= 15 is 0 Å². The highest BCUT2D eigenvalue weighted by Gasteiger charge is 2.42. The van der Waals surface area contributed by atoms with Gasteiger partial charge < -0.3 is 62.9 Å². The summed E-state index contributed by atoms with van der Waals surface area (Å²) in [6.45, 7) is 6.75. The van der Waals surface area contributed by atoms with Crippen molar-refractivity contribution in [3.8, 4) is 0 Å². The van der Waals surface area contributed by atoms with Gasteiger partial charge in [-0.25, -0.2) is 0 Å². The number of aliphatic hydroxyl groups excluding tert-OH is 1. The first-order chi connectivity index (χ1) is 28.2. The lowest BCUT2D eigenvalue weighted by Gasteiger charge is -2.32. The van der Waals surface area contributed by atoms with Gasteiger partial charge in [0.1, 0.15) is 49.1 Å². The van der Waals surface area contributed by atoms with E-state index in [9.17, 15) is 53.1 Å². The van der Waals surface area contributed by atoms with Crippen LogP contribution in [0.2, 0.25) is 0 Å². The Bertz CT molecular complexity index is 1570. The lowest BCUT2D eigenvalue weighted by Crippen LogP contribution is -2.70. The van der Waals surface area contributed by atoms with Gasteiger partial charge in [0, 0.05) is 19.5 Å². The van der Waals surface area contributed by atoms with Crippen LogP contribution in [0.15, 0.2) is 0 Å². The van der Waals surface area contributed by atoms with Crippen LogP contribution in [0.4, 0.5) is 0 Å². The van der Waals surface area contributed by atoms with Crippen LogP contribution in [0.1, 0.15) is 85.5 Å². The van der Waals surface area contributed by atoms with E-state index in [-0.39, 0.29) is 57.5 Å². The highest BCUT2D eigenvalue weighted by Crippen LogP contribution is 2.22. The second-order valence-electron chi connectivity index (χ2n) is 15.9. The number of hydrogen-bond acceptors (Lipinski definition) is 12. The molecule has 21 nitrogen and oxygen atoms in total. The summed E-state index contributed by atoms with van der Waals surface area (Å²) >= 11 is 1.44. The van der Waals surface area contributed by atoms with Crippen molar-refractivity contribution < 1.29 is 63.9 Å². The quantitative estimate of drug-likeness (QED) is 0.0401. The first kappa shape index (κ1) is 51.3. The highest BCUT2D eigenvalue weighted by atomic mass is 32.2. The maximum atomic E-state index is 14.0. The van der Waals surface area contributed by atoms with E-state index in [0.29, 0.717) is 24.9 Å². The van der Waals surface area contributed by atoms with E-state index in [0.717, 1.165) is 0 Å². The highest BCUT2D eigenvalue weighted by molar-refractivity contribution is 7.98. The van der Waals surface area contributed by atoms with Gasteiger partial charge in [0.2, 0.25) is 41.4 Å². The van der Waals surface area contributed by atoms with Gasteiger partial charge in [0.05, 0.1) is 12.5 Å². The zero-order valence-electron chi connectivity index (χ0n) is 35.1. The maximum absolute atomic E-state index is 14.0. The number of rotatable bonds is 25. The van der Waals surface area contributed by atoms with Crippen LogP contribution in [-0.2, 0) is 47.9 Å². The van der Waals surface area contributed by atoms with E-state index < -0.39 is 121 Å². The molecule has 2 rings (SSSR count). The Morgan fingerprint density at radius 2 is 1.33 bits per heavy atom. The number of carbonyl (C=O) groups is 10. The summed E-state index contributed by atoms with van der Waals surface area (Å²) in [7, 11) is 0. The maximum Gasteiger partial charge on any atom is 0.303 e. The number of nitrogens with one attached hydrogen (secondary N) is 5. The Morgan fingerprint density at radius 1 is 0.783 bits per heavy atom. The Balaban J connectivity index is 2.26. The Kier molecular flexibility index (Phi) is 21.4. The molecule has 2 aliphatic rings. The first-order valence-electron chi connectivity index (χ1n) is 20.3. The lowest BCUT2D eigenvalue weighted by molar-refractivity contribution is -0.409. The molecule has 0 unspecified atom stereocenters. The largest absolute Gasteiger partial charge is 0.481 e. The molecule has 12 N–H and O–H groups in total. The summed E-state index contributed by atoms with van der Waals surface area (Å²) in [6.07, 6.45) is 2.78. The molecule has 0 aromatic rings. The summed E-state index contributed by atoms with van der Waals surface area (Å²) in [6, 6.07) is -9.14. The van der Waals surface area contributed by atoms with Gasteiger partial charge in [-0.05, 0) is 68.8 Å². The molecule has 338 valence electrons. The van der Waals surface area contributed by atoms with Crippen molar-refractivity contribution >= 4 is 71.3 Å². The van der Waals surface area contributed by atoms with Crippen LogP contribution >= 0.6 is 11.8 Å². The smallest absolute Gasteiger partial charge is 0.303 e. The molecule has 22 heteroatoms. The number of carboxylic acid groups (broad SMARTS) is 1. The number of carbonyl (C=O) groups excluding carboxylic acids is 9. The van der Waals surface area contributed by atoms with Gasteiger partial charge in [-0.2, -0.15) is 11.8 Å². The number of carboxylic acids is 1. The Labute approximate surface area is 354 Å². The van der Waals surface area contributed by atoms with Crippen LogP contribution in [0.3, 0.4) is 0 Å². The van der Waals surface area contributed by atoms with Crippen LogP contribution in [0.25, 0.3) is 0 Å². The normalized spacial score (nSPS) is 19.4. The number of amides is 8. The minimum absolute atomic E-state index is 0.0739. The fraction of sp³-hybridized carbons (Fsp3) is 0.737. The number of thioether (sulfide) groups is 1. The zero-order chi connectivity index (χ0) is 45.3. The number of aliphatic carboxylic acids is 1. The second kappa shape index (κ2) is 25.1. The third kappa shape index (κ3) is 15.6. The summed E-state index contributed by atoms with van der Waals surface area (Å²) in [5.41, 5.74) is 9.04. The molecule has 8 amide bonds. The van der Waals surface area contributed by atoms with Crippen LogP contribution in [0, 0.1) is 11.8 Å². The van der Waals surface area contributed by atoms with Crippen molar-refractivity contribution in [1.82, 2.24) is 36.4 Å². The van der Waals surface area contributed by atoms with Crippen LogP contribution in [0.5, 0.6) is 0 Å². The molecular formula is C38H64N9O12S+. The minimum atomic E-state index is -1.56. The van der Waals surface area contributed by atoms with Gasteiger partial charge in [-0.1, -0.05) is 27.7 Å². The predicted molar refractivity (Wildman–Crippen MR) is 217 cm³/mol. The molecule has 0 spiro atoms. The van der Waals surface area contributed by atoms with E-state index in [1.165, 1.54) is 21.6 Å². The molecule has 0 aliphatic carbocycles. The fourth-order valence-corrected chi connectivity index (χ4v) is 7.48. The number of nitrogens with zero attached hydrogens (tertiary/aromatic N) is 2. The number of hydrogen-bond donors (Lipinski definition) is 9. The molecule has 0 aromatic carbocycles. The zero-order valence-corrected chi connectivity index (χ0v) is 35.9. The molecule has 2 aliphatic heterocycles. The van der Waals surface area contributed by atoms with E-state index in [1.807, 2.05) is 6.26 Å². The molecule has 0 bridgehead atoms. The van der Waals surface area contributed by atoms with Crippen molar-refractivity contribution in [3.05, 3.63) is 0 Å². The fourth-order valence-electron chi connectivity index (χ4n) is 7.00. The number of quaternary nitrogens is 1. The molecule has 0 aromatic heterocycles. The summed E-state index contributed by atoms with van der Waals surface area (Å²) in [4.78, 5) is 132. The number of aliphatic hydroxyl groups is 1. The number of primary amides is 1. The molecule has 0 saturated carbocycles. The van der Waals surface area contributed by atoms with Crippen molar-refractivity contribution in [2.24, 2.45) is 17.6 Å². The number of aldehydes is 1. The van der Waals surface area contributed by atoms with Crippen molar-refractivity contribution in [3.63, 3.8) is 0 Å². The van der Waals surface area contributed by atoms with Crippen LogP contribution in [-0.4, -0.2) is 160 Å². The summed E-state index contributed by atoms with van der Waals surface area (Å²) < 4.78 is 0. The number of likely N-dealkylation sites (tertiary alicyclic amines) is 2. The minimum Gasteiger partial charge on any atom is -0.481 e. The van der Waals surface area contributed by atoms with Crippen molar-refractivity contribution in [2.45, 2.75) is 134 Å². The SMILES string of the molecule is CSCC[C@H](NC(=O)[C@@H]([NH3+])CO)C(=O)N1CCC[C@H]1C(=O)N[C@@H](CC(N)=O)C(=O)N[C@@H](CC(C)C)C(=O)N[C@H](C(=O)N1CCC[C@H]1C(=O)N[C@H](C=O)CCC(=O)O)C(C)C. The Hall–Kier alpha value is -4.83. The predicted octanol–water partition coefficient (Wildman–Crippen LogP) is -3.61. The second-order valence-corrected chi connectivity index (χ2v) is 16.9. The van der Waals surface area contributed by atoms with Crippen LogP contribution < -0.4 is 38.1 Å². The average molecular weight is 871 g/mol. The Morgan fingerprint density at radius 3 is 1.83 bits per heavy atom. The summed E-state index contributed by atoms with van der Waals surface area (Å²) in [5, 5.41) is 31.3. The van der Waals surface area contributed by atoms with E-state index in [4.69, 9.17) is 10.8 Å². The average Bonchev–Trinajstić information content (AvgIpc) is 3.89. The topological polar surface area (TPSA) is 331 Å². The standard InChI is InChI=1S/C38H63N9O12S/c1-20(2)16-25(34(55)45-31(21(3)4)38(59)47-14-7-8-27(47)35(56)41-22(18-48)10-11-30(51)52)43-33(54)26(17-29(40)50)44-36(57)28-9-6-13-46(28)37(58)24(12-15-60-5)42-32(53)23(39)19-49/h18,20-28,31,49H,6-17,19,39H2,1-5H3,(H2,40,50)(H,41,56)(H,42,53)(H,43,54)(H,44,57)(H,45,55)(H,51,52)/p+1/t22-,23-,24-,25-,26-,27-,28-,31-/m0/s1. The molecule has 2 heterocycles. The van der Waals surface area contributed by atoms with Gasteiger partial charge >= 0.3 is 5.97 Å². The van der Waals surface area contributed by atoms with Gasteiger partial charge in [0.15, 0.2) is 6.04 Å². The van der Waals surface area contributed by atoms with Gasteiger partial charge in [0.25, 0.3) is 5.91 Å². The first-order valence-corrected chi connectivity index (χ1v) is 21.7. The third-order valence-electron chi connectivity index (χ3n) is 10.3. The molecule has 60 heavy (non-hydrogen) atoms. The molecule has 2 saturated heterocycles. The van der Waals surface area contributed by atoms with Gasteiger partial charge in [-0.15, -0.1) is 0 Å². The number of nitrogens with two attached hydrogens (primary N) is 1. The monoisotopic (exact) mass is 870 g/mol. The van der Waals surface area contributed by atoms with Crippen molar-refractivity contribution in [1.29, 1.82) is 0 Å². The summed E-state index contributed by atoms with van der Waals surface area (Å²) in [5.74, 6) is -7.09. The molecule has 8 atom stereocenters. The molecule has 0 radical (unpaired) electrons. The lowest BCUT2D eigenvalue weighted by atomic mass is 9.98.